The van der Waals surface area contributed by atoms with Crippen molar-refractivity contribution < 1.29 is 19.7 Å². The van der Waals surface area contributed by atoms with E-state index >= 15 is 0 Å². The highest BCUT2D eigenvalue weighted by Crippen LogP contribution is 2.34. The zero-order valence-corrected chi connectivity index (χ0v) is 20.0. The Morgan fingerprint density at radius 1 is 1.26 bits per heavy atom. The number of aliphatic hydroxyl groups excluding tert-OH is 1. The molecule has 1 saturated heterocycles. The van der Waals surface area contributed by atoms with Crippen molar-refractivity contribution in [1.29, 1.82) is 0 Å². The summed E-state index contributed by atoms with van der Waals surface area (Å²) in [5.74, 6) is 0.419. The van der Waals surface area contributed by atoms with Crippen LogP contribution in [0.2, 0.25) is 0 Å². The number of ether oxygens (including phenoxy) is 1. The smallest absolute Gasteiger partial charge is 0.308 e. The van der Waals surface area contributed by atoms with Crippen molar-refractivity contribution >= 4 is 28.6 Å². The summed E-state index contributed by atoms with van der Waals surface area (Å²) in [6, 6.07) is 9.33. The summed E-state index contributed by atoms with van der Waals surface area (Å²) in [5, 5.41) is 22.6. The fourth-order valence-electron chi connectivity index (χ4n) is 4.63. The first kappa shape index (κ1) is 24.4. The number of aromatic nitrogens is 3. The zero-order valence-electron chi connectivity index (χ0n) is 19.2. The van der Waals surface area contributed by atoms with E-state index in [1.165, 1.54) is 6.33 Å². The van der Waals surface area contributed by atoms with Gasteiger partial charge in [0.1, 0.15) is 12.1 Å². The minimum Gasteiger partial charge on any atom is -0.497 e. The van der Waals surface area contributed by atoms with Crippen molar-refractivity contribution in [2.24, 2.45) is 11.8 Å². The molecular weight excluding hydrogens is 452 g/mol. The van der Waals surface area contributed by atoms with E-state index in [-0.39, 0.29) is 5.92 Å². The molecule has 1 aliphatic rings. The van der Waals surface area contributed by atoms with Crippen LogP contribution in [-0.2, 0) is 4.79 Å². The number of hydrogen-bond donors (Lipinski definition) is 2. The second-order valence-electron chi connectivity index (χ2n) is 8.57. The molecule has 2 N–H and O–H groups in total. The Hall–Kier alpha value is -2.75. The van der Waals surface area contributed by atoms with Gasteiger partial charge >= 0.3 is 5.97 Å². The monoisotopic (exact) mass is 482 g/mol. The van der Waals surface area contributed by atoms with E-state index in [1.807, 2.05) is 30.3 Å². The normalized spacial score (nSPS) is 19.7. The number of benzene rings is 1. The first-order valence-electron chi connectivity index (χ1n) is 11.5. The first-order valence-corrected chi connectivity index (χ1v) is 12.5. The standard InChI is InChI=1S/C25H30N4O4S/c1-33-18-3-4-22-20(14-18)19(6-10-27-22)23(30)5-2-17-8-11-29(15-21(17)25(31)32)12-13-34-24-7-9-26-16-28-24/h3-4,6-7,9-10,14,16-17,21,23,30H,2,5,8,11-13,15H2,1H3,(H,31,32)/t17-,21+,23-/m1/s1. The predicted molar refractivity (Wildman–Crippen MR) is 131 cm³/mol. The Kier molecular flexibility index (Phi) is 8.31. The van der Waals surface area contributed by atoms with Gasteiger partial charge in [-0.15, -0.1) is 11.8 Å². The van der Waals surface area contributed by atoms with E-state index in [2.05, 4.69) is 19.9 Å². The number of fused-ring (bicyclic) bond motifs is 1. The highest BCUT2D eigenvalue weighted by Gasteiger charge is 2.34. The van der Waals surface area contributed by atoms with Gasteiger partial charge in [0.2, 0.25) is 0 Å². The summed E-state index contributed by atoms with van der Waals surface area (Å²) in [4.78, 5) is 26.8. The van der Waals surface area contributed by atoms with E-state index in [4.69, 9.17) is 4.74 Å². The number of pyridine rings is 1. The fourth-order valence-corrected chi connectivity index (χ4v) is 5.47. The van der Waals surface area contributed by atoms with Crippen LogP contribution in [0.3, 0.4) is 0 Å². The summed E-state index contributed by atoms with van der Waals surface area (Å²) < 4.78 is 5.33. The maximum absolute atomic E-state index is 12.0. The Morgan fingerprint density at radius 3 is 2.91 bits per heavy atom. The van der Waals surface area contributed by atoms with Crippen LogP contribution in [0.1, 0.15) is 30.9 Å². The highest BCUT2D eigenvalue weighted by molar-refractivity contribution is 7.99. The number of carbonyl (C=O) groups is 1. The van der Waals surface area contributed by atoms with Crippen molar-refractivity contribution in [3.63, 3.8) is 0 Å². The molecule has 0 spiro atoms. The van der Waals surface area contributed by atoms with E-state index in [0.29, 0.717) is 25.1 Å². The molecule has 0 aliphatic carbocycles. The molecule has 1 aromatic carbocycles. The van der Waals surface area contributed by atoms with E-state index in [9.17, 15) is 15.0 Å². The molecule has 0 bridgehead atoms. The minimum atomic E-state index is -0.758. The SMILES string of the molecule is COc1ccc2nccc([C@H](O)CC[C@@H]3CCN(CCSc4ccncn4)C[C@@H]3C(=O)O)c2c1. The largest absolute Gasteiger partial charge is 0.497 e. The highest BCUT2D eigenvalue weighted by atomic mass is 32.2. The van der Waals surface area contributed by atoms with Gasteiger partial charge < -0.3 is 19.8 Å². The van der Waals surface area contributed by atoms with Gasteiger partial charge in [-0.1, -0.05) is 0 Å². The number of aliphatic carboxylic acids is 1. The molecule has 34 heavy (non-hydrogen) atoms. The van der Waals surface area contributed by atoms with Crippen LogP contribution >= 0.6 is 11.8 Å². The summed E-state index contributed by atoms with van der Waals surface area (Å²) in [6.07, 6.45) is 6.26. The van der Waals surface area contributed by atoms with Gasteiger partial charge in [0.15, 0.2) is 0 Å². The van der Waals surface area contributed by atoms with Crippen molar-refractivity contribution in [2.45, 2.75) is 30.4 Å². The topological polar surface area (TPSA) is 109 Å². The number of rotatable bonds is 10. The molecule has 3 heterocycles. The molecule has 0 unspecified atom stereocenters. The number of likely N-dealkylation sites (tertiary alicyclic amines) is 1. The van der Waals surface area contributed by atoms with Crippen LogP contribution in [0.4, 0.5) is 0 Å². The average Bonchev–Trinajstić information content (AvgIpc) is 2.87. The average molecular weight is 483 g/mol. The quantitative estimate of drug-likeness (QED) is 0.330. The summed E-state index contributed by atoms with van der Waals surface area (Å²) >= 11 is 1.65. The molecule has 9 heteroatoms. The number of hydrogen-bond acceptors (Lipinski definition) is 8. The number of carboxylic acid groups (broad SMARTS) is 1. The molecule has 180 valence electrons. The van der Waals surface area contributed by atoms with E-state index in [0.717, 1.165) is 46.8 Å². The minimum absolute atomic E-state index is 0.0422. The number of carboxylic acids is 1. The Labute approximate surface area is 203 Å². The van der Waals surface area contributed by atoms with Crippen molar-refractivity contribution in [3.8, 4) is 5.75 Å². The number of thioether (sulfide) groups is 1. The number of methoxy groups -OCH3 is 1. The number of piperidine rings is 1. The van der Waals surface area contributed by atoms with Crippen LogP contribution in [-0.4, -0.2) is 68.5 Å². The molecule has 1 fully saturated rings. The van der Waals surface area contributed by atoms with Gasteiger partial charge in [-0.25, -0.2) is 9.97 Å². The summed E-state index contributed by atoms with van der Waals surface area (Å²) in [7, 11) is 1.61. The van der Waals surface area contributed by atoms with Crippen LogP contribution in [0, 0.1) is 11.8 Å². The lowest BCUT2D eigenvalue weighted by atomic mass is 9.81. The number of nitrogens with zero attached hydrogens (tertiary/aromatic N) is 4. The molecule has 4 rings (SSSR count). The Balaban J connectivity index is 1.34. The lowest BCUT2D eigenvalue weighted by molar-refractivity contribution is -0.146. The summed E-state index contributed by atoms with van der Waals surface area (Å²) in [5.41, 5.74) is 1.60. The van der Waals surface area contributed by atoms with Gasteiger partial charge in [-0.2, -0.15) is 0 Å². The van der Waals surface area contributed by atoms with Crippen LogP contribution in [0.5, 0.6) is 5.75 Å². The first-order chi connectivity index (χ1) is 16.5. The van der Waals surface area contributed by atoms with E-state index in [1.54, 1.807) is 31.3 Å². The lowest BCUT2D eigenvalue weighted by Gasteiger charge is -2.36. The van der Waals surface area contributed by atoms with Crippen molar-refractivity contribution in [2.75, 3.05) is 32.5 Å². The third-order valence-electron chi connectivity index (χ3n) is 6.52. The third kappa shape index (κ3) is 6.02. The van der Waals surface area contributed by atoms with Gasteiger partial charge in [0, 0.05) is 36.6 Å². The van der Waals surface area contributed by atoms with Crippen molar-refractivity contribution in [1.82, 2.24) is 19.9 Å². The second-order valence-corrected chi connectivity index (χ2v) is 9.68. The van der Waals surface area contributed by atoms with Gasteiger partial charge in [-0.3, -0.25) is 9.78 Å². The molecule has 1 aliphatic heterocycles. The lowest BCUT2D eigenvalue weighted by Crippen LogP contribution is -2.44. The third-order valence-corrected chi connectivity index (χ3v) is 7.45. The molecule has 0 amide bonds. The van der Waals surface area contributed by atoms with Gasteiger partial charge in [0.05, 0.1) is 29.7 Å². The zero-order chi connectivity index (χ0) is 23.9. The molecule has 0 saturated carbocycles. The number of aliphatic hydroxyl groups is 1. The summed E-state index contributed by atoms with van der Waals surface area (Å²) in [6.45, 7) is 2.22. The fraction of sp³-hybridized carbons (Fsp3) is 0.440. The van der Waals surface area contributed by atoms with Crippen LogP contribution in [0.25, 0.3) is 10.9 Å². The van der Waals surface area contributed by atoms with Gasteiger partial charge in [0.25, 0.3) is 0 Å². The Bertz CT molecular complexity index is 1100. The maximum Gasteiger partial charge on any atom is 0.308 e. The molecule has 3 aromatic rings. The molecule has 2 aromatic heterocycles. The van der Waals surface area contributed by atoms with Gasteiger partial charge in [-0.05, 0) is 67.6 Å². The van der Waals surface area contributed by atoms with Crippen LogP contribution < -0.4 is 4.74 Å². The molecule has 8 nitrogen and oxygen atoms in total. The molecular formula is C25H30N4O4S. The predicted octanol–water partition coefficient (Wildman–Crippen LogP) is 3.66. The second kappa shape index (κ2) is 11.6. The Morgan fingerprint density at radius 2 is 2.15 bits per heavy atom. The molecule has 0 radical (unpaired) electrons. The molecule has 3 atom stereocenters. The van der Waals surface area contributed by atoms with E-state index < -0.39 is 18.0 Å². The van der Waals surface area contributed by atoms with Crippen molar-refractivity contribution in [3.05, 3.63) is 54.6 Å². The maximum atomic E-state index is 12.0. The van der Waals surface area contributed by atoms with Crippen LogP contribution in [0.15, 0.2) is 54.1 Å².